The number of halogens is 1. The van der Waals surface area contributed by atoms with Crippen LogP contribution in [0.25, 0.3) is 0 Å². The lowest BCUT2D eigenvalue weighted by molar-refractivity contribution is 0.292. The van der Waals surface area contributed by atoms with E-state index in [9.17, 15) is 0 Å². The second-order valence-corrected chi connectivity index (χ2v) is 7.71. The largest absolute Gasteiger partial charge is 0.360 e. The van der Waals surface area contributed by atoms with Gasteiger partial charge in [0.15, 0.2) is 5.96 Å². The molecule has 1 aliphatic heterocycles. The molecule has 1 N–H and O–H groups in total. The van der Waals surface area contributed by atoms with Crippen molar-refractivity contribution in [2.45, 2.75) is 6.04 Å². The molecule has 0 spiro atoms. The molecular weight excluding hydrogens is 473 g/mol. The van der Waals surface area contributed by atoms with Crippen LogP contribution < -0.4 is 10.2 Å². The van der Waals surface area contributed by atoms with Crippen molar-refractivity contribution in [3.8, 4) is 0 Å². The van der Waals surface area contributed by atoms with E-state index >= 15 is 0 Å². The van der Waals surface area contributed by atoms with Crippen LogP contribution in [0.1, 0.15) is 11.6 Å². The summed E-state index contributed by atoms with van der Waals surface area (Å²) in [5, 5.41) is 11.4. The molecule has 1 unspecified atom stereocenters. The number of thiophene rings is 1. The zero-order chi connectivity index (χ0) is 18.5. The van der Waals surface area contributed by atoms with E-state index in [0.717, 1.165) is 38.7 Å². The van der Waals surface area contributed by atoms with Crippen molar-refractivity contribution in [2.75, 3.05) is 58.8 Å². The van der Waals surface area contributed by atoms with Gasteiger partial charge in [0.2, 0.25) is 0 Å². The zero-order valence-electron chi connectivity index (χ0n) is 16.5. The van der Waals surface area contributed by atoms with Crippen molar-refractivity contribution in [3.63, 3.8) is 0 Å². The molecule has 27 heavy (non-hydrogen) atoms. The maximum absolute atomic E-state index is 4.51. The summed E-state index contributed by atoms with van der Waals surface area (Å²) in [5.41, 5.74) is 1.21. The van der Waals surface area contributed by atoms with Crippen LogP contribution in [0.15, 0.2) is 34.9 Å². The molecule has 2 aromatic heterocycles. The number of aryl methyl sites for hydroxylation is 1. The van der Waals surface area contributed by atoms with Gasteiger partial charge in [0.05, 0.1) is 17.2 Å². The first-order chi connectivity index (χ1) is 12.6. The summed E-state index contributed by atoms with van der Waals surface area (Å²) in [6, 6.07) is 4.57. The number of likely N-dealkylation sites (N-methyl/N-ethyl adjacent to an activating group) is 1. The minimum absolute atomic E-state index is 0. The van der Waals surface area contributed by atoms with Crippen LogP contribution >= 0.6 is 35.3 Å². The summed E-state index contributed by atoms with van der Waals surface area (Å²) in [7, 11) is 8.02. The summed E-state index contributed by atoms with van der Waals surface area (Å²) >= 11 is 1.81. The van der Waals surface area contributed by atoms with E-state index in [2.05, 4.69) is 67.9 Å². The van der Waals surface area contributed by atoms with Gasteiger partial charge in [-0.2, -0.15) is 5.10 Å². The van der Waals surface area contributed by atoms with Crippen LogP contribution in [0.5, 0.6) is 0 Å². The lowest BCUT2D eigenvalue weighted by atomic mass is 10.1. The average molecular weight is 503 g/mol. The van der Waals surface area contributed by atoms with Crippen molar-refractivity contribution in [2.24, 2.45) is 12.0 Å². The third-order valence-electron chi connectivity index (χ3n) is 4.80. The fraction of sp³-hybridized carbons (Fsp3) is 0.556. The molecule has 0 aliphatic carbocycles. The van der Waals surface area contributed by atoms with Crippen LogP contribution in [0, 0.1) is 0 Å². The van der Waals surface area contributed by atoms with Crippen molar-refractivity contribution in [1.29, 1.82) is 0 Å². The molecule has 1 fully saturated rings. The van der Waals surface area contributed by atoms with Gasteiger partial charge in [-0.3, -0.25) is 9.67 Å². The molecule has 3 heterocycles. The first-order valence-electron chi connectivity index (χ1n) is 8.97. The molecule has 1 saturated heterocycles. The Hall–Kier alpha value is -1.33. The highest BCUT2D eigenvalue weighted by Crippen LogP contribution is 2.22. The van der Waals surface area contributed by atoms with Gasteiger partial charge in [-0.25, -0.2) is 0 Å². The number of nitrogens with one attached hydrogen (secondary N) is 1. The molecule has 9 heteroatoms. The standard InChI is InChI=1S/C18H29N7S.HI/c1-19-18(20-13-16(22(2)3)15-12-21-23(4)14-15)25-9-7-24(8-10-25)17-6-5-11-26-17;/h5-6,11-12,14,16H,7-10,13H2,1-4H3,(H,19,20);1H. The minimum Gasteiger partial charge on any atom is -0.360 e. The van der Waals surface area contributed by atoms with Gasteiger partial charge < -0.3 is 20.0 Å². The van der Waals surface area contributed by atoms with Gasteiger partial charge in [-0.15, -0.1) is 35.3 Å². The number of hydrogen-bond acceptors (Lipinski definition) is 5. The number of rotatable bonds is 5. The Kier molecular flexibility index (Phi) is 8.36. The lowest BCUT2D eigenvalue weighted by Crippen LogP contribution is -2.53. The highest BCUT2D eigenvalue weighted by molar-refractivity contribution is 14.0. The molecule has 0 radical (unpaired) electrons. The van der Waals surface area contributed by atoms with Crippen molar-refractivity contribution < 1.29 is 0 Å². The molecular formula is C18H30IN7S. The highest BCUT2D eigenvalue weighted by Gasteiger charge is 2.22. The third kappa shape index (κ3) is 5.58. The van der Waals surface area contributed by atoms with Crippen molar-refractivity contribution in [1.82, 2.24) is 24.9 Å². The van der Waals surface area contributed by atoms with E-state index in [1.165, 1.54) is 10.6 Å². The second kappa shape index (κ2) is 10.3. The normalized spacial score (nSPS) is 16.4. The predicted molar refractivity (Wildman–Crippen MR) is 125 cm³/mol. The molecule has 3 rings (SSSR count). The maximum Gasteiger partial charge on any atom is 0.193 e. The summed E-state index contributed by atoms with van der Waals surface area (Å²) in [6.45, 7) is 4.83. The molecule has 1 atom stereocenters. The molecule has 0 saturated carbocycles. The van der Waals surface area contributed by atoms with Gasteiger partial charge >= 0.3 is 0 Å². The van der Waals surface area contributed by atoms with E-state index in [0.29, 0.717) is 0 Å². The Morgan fingerprint density at radius 3 is 2.59 bits per heavy atom. The van der Waals surface area contributed by atoms with E-state index in [4.69, 9.17) is 0 Å². The zero-order valence-corrected chi connectivity index (χ0v) is 19.6. The number of nitrogens with zero attached hydrogens (tertiary/aromatic N) is 6. The Bertz CT molecular complexity index is 705. The number of guanidine groups is 1. The SMILES string of the molecule is CN=C(NCC(c1cnn(C)c1)N(C)C)N1CCN(c2cccs2)CC1.I. The smallest absolute Gasteiger partial charge is 0.193 e. The Labute approximate surface area is 183 Å². The molecule has 150 valence electrons. The summed E-state index contributed by atoms with van der Waals surface area (Å²) < 4.78 is 1.85. The first-order valence-corrected chi connectivity index (χ1v) is 9.85. The Balaban J connectivity index is 0.00000261. The van der Waals surface area contributed by atoms with Gasteiger partial charge in [0.25, 0.3) is 0 Å². The number of aromatic nitrogens is 2. The third-order valence-corrected chi connectivity index (χ3v) is 5.72. The fourth-order valence-electron chi connectivity index (χ4n) is 3.32. The van der Waals surface area contributed by atoms with Crippen molar-refractivity contribution in [3.05, 3.63) is 35.5 Å². The summed E-state index contributed by atoms with van der Waals surface area (Å²) in [4.78, 5) is 11.5. The quantitative estimate of drug-likeness (QED) is 0.385. The molecule has 7 nitrogen and oxygen atoms in total. The van der Waals surface area contributed by atoms with E-state index < -0.39 is 0 Å². The number of hydrogen-bond donors (Lipinski definition) is 1. The average Bonchev–Trinajstić information content (AvgIpc) is 3.31. The van der Waals surface area contributed by atoms with Crippen LogP contribution in [-0.4, -0.2) is 79.4 Å². The molecule has 0 bridgehead atoms. The van der Waals surface area contributed by atoms with E-state index in [1.807, 2.05) is 36.3 Å². The Morgan fingerprint density at radius 2 is 2.07 bits per heavy atom. The number of piperazine rings is 1. The maximum atomic E-state index is 4.51. The van der Waals surface area contributed by atoms with Gasteiger partial charge in [-0.1, -0.05) is 0 Å². The molecule has 0 amide bonds. The fourth-order valence-corrected chi connectivity index (χ4v) is 4.10. The van der Waals surface area contributed by atoms with Crippen LogP contribution in [-0.2, 0) is 7.05 Å². The van der Waals surface area contributed by atoms with Gasteiger partial charge in [0, 0.05) is 58.6 Å². The van der Waals surface area contributed by atoms with Crippen molar-refractivity contribution >= 4 is 46.3 Å². The van der Waals surface area contributed by atoms with E-state index in [-0.39, 0.29) is 30.0 Å². The van der Waals surface area contributed by atoms with E-state index in [1.54, 1.807) is 0 Å². The first kappa shape index (κ1) is 22.0. The number of anilines is 1. The molecule has 1 aliphatic rings. The van der Waals surface area contributed by atoms with Crippen LogP contribution in [0.4, 0.5) is 5.00 Å². The molecule has 2 aromatic rings. The summed E-state index contributed by atoms with van der Waals surface area (Å²) in [5.74, 6) is 0.978. The topological polar surface area (TPSA) is 51.9 Å². The highest BCUT2D eigenvalue weighted by atomic mass is 127. The second-order valence-electron chi connectivity index (χ2n) is 6.78. The lowest BCUT2D eigenvalue weighted by Gasteiger charge is -2.37. The minimum atomic E-state index is 0. The number of aliphatic imine (C=N–C) groups is 1. The monoisotopic (exact) mass is 503 g/mol. The van der Waals surface area contributed by atoms with Gasteiger partial charge in [0.1, 0.15) is 0 Å². The van der Waals surface area contributed by atoms with Crippen LogP contribution in [0.2, 0.25) is 0 Å². The van der Waals surface area contributed by atoms with Gasteiger partial charge in [-0.05, 0) is 31.6 Å². The predicted octanol–water partition coefficient (Wildman–Crippen LogP) is 2.10. The van der Waals surface area contributed by atoms with Crippen LogP contribution in [0.3, 0.4) is 0 Å². The Morgan fingerprint density at radius 1 is 1.33 bits per heavy atom. The molecule has 0 aromatic carbocycles. The summed E-state index contributed by atoms with van der Waals surface area (Å²) in [6.07, 6.45) is 4.02.